The summed E-state index contributed by atoms with van der Waals surface area (Å²) in [4.78, 5) is 0. The van der Waals surface area contributed by atoms with Crippen molar-refractivity contribution in [1.82, 2.24) is 4.57 Å². The van der Waals surface area contributed by atoms with Crippen molar-refractivity contribution in [1.29, 1.82) is 5.26 Å². The fourth-order valence-corrected chi connectivity index (χ4v) is 3.07. The number of benzene rings is 3. The molecule has 1 heterocycles. The molecule has 25 heavy (non-hydrogen) atoms. The molecule has 0 unspecified atom stereocenters. The van der Waals surface area contributed by atoms with Gasteiger partial charge in [-0.25, -0.2) is 0 Å². The van der Waals surface area contributed by atoms with Crippen LogP contribution in [0.15, 0.2) is 97.1 Å². The predicted molar refractivity (Wildman–Crippen MR) is 101 cm³/mol. The van der Waals surface area contributed by atoms with Gasteiger partial charge in [0.2, 0.25) is 0 Å². The van der Waals surface area contributed by atoms with Gasteiger partial charge in [-0.3, -0.25) is 0 Å². The highest BCUT2D eigenvalue weighted by atomic mass is 15.0. The maximum absolute atomic E-state index is 9.07. The maximum atomic E-state index is 9.07. The molecule has 0 aliphatic carbocycles. The summed E-state index contributed by atoms with van der Waals surface area (Å²) in [7, 11) is 0. The first-order chi connectivity index (χ1) is 12.4. The average Bonchev–Trinajstić information content (AvgIpc) is 3.14. The second-order valence-electron chi connectivity index (χ2n) is 5.83. The molecule has 0 N–H and O–H groups in total. The van der Waals surface area contributed by atoms with E-state index in [1.165, 1.54) is 0 Å². The lowest BCUT2D eigenvalue weighted by molar-refractivity contribution is 1.09. The second kappa shape index (κ2) is 6.51. The van der Waals surface area contributed by atoms with Gasteiger partial charge in [0.05, 0.1) is 23.0 Å². The quantitative estimate of drug-likeness (QED) is 0.477. The molecule has 0 amide bonds. The summed E-state index contributed by atoms with van der Waals surface area (Å²) in [5, 5.41) is 9.07. The van der Waals surface area contributed by atoms with Gasteiger partial charge in [0, 0.05) is 5.69 Å². The number of nitriles is 1. The van der Waals surface area contributed by atoms with Crippen LogP contribution in [0, 0.1) is 11.3 Å². The zero-order valence-electron chi connectivity index (χ0n) is 13.6. The number of rotatable bonds is 3. The van der Waals surface area contributed by atoms with E-state index in [0.29, 0.717) is 5.56 Å². The first-order valence-electron chi connectivity index (χ1n) is 8.20. The monoisotopic (exact) mass is 320 g/mol. The number of aromatic nitrogens is 1. The highest BCUT2D eigenvalue weighted by molar-refractivity contribution is 5.73. The van der Waals surface area contributed by atoms with Gasteiger partial charge >= 0.3 is 0 Å². The van der Waals surface area contributed by atoms with Gasteiger partial charge in [-0.05, 0) is 47.5 Å². The van der Waals surface area contributed by atoms with Crippen molar-refractivity contribution in [2.45, 2.75) is 0 Å². The number of hydrogen-bond donors (Lipinski definition) is 0. The van der Waals surface area contributed by atoms with Crippen molar-refractivity contribution in [2.24, 2.45) is 0 Å². The van der Waals surface area contributed by atoms with E-state index in [2.05, 4.69) is 47.0 Å². The Balaban J connectivity index is 1.95. The van der Waals surface area contributed by atoms with Gasteiger partial charge in [0.15, 0.2) is 0 Å². The Labute approximate surface area is 147 Å². The lowest BCUT2D eigenvalue weighted by atomic mass is 10.1. The van der Waals surface area contributed by atoms with Crippen LogP contribution < -0.4 is 0 Å². The molecule has 0 spiro atoms. The molecule has 0 atom stereocenters. The van der Waals surface area contributed by atoms with E-state index < -0.39 is 0 Å². The molecule has 2 nitrogen and oxygen atoms in total. The molecule has 0 saturated heterocycles. The van der Waals surface area contributed by atoms with Crippen LogP contribution >= 0.6 is 0 Å². The van der Waals surface area contributed by atoms with Crippen LogP contribution in [0.5, 0.6) is 0 Å². The third-order valence-corrected chi connectivity index (χ3v) is 4.27. The number of hydrogen-bond acceptors (Lipinski definition) is 1. The minimum Gasteiger partial charge on any atom is -0.309 e. The lowest BCUT2D eigenvalue weighted by Crippen LogP contribution is -1.99. The smallest absolute Gasteiger partial charge is 0.0991 e. The molecular formula is C23H16N2. The predicted octanol–water partition coefficient (Wildman–Crippen LogP) is 5.68. The largest absolute Gasteiger partial charge is 0.309 e. The number of nitrogens with zero attached hydrogens (tertiary/aromatic N) is 2. The molecule has 2 heteroatoms. The summed E-state index contributed by atoms with van der Waals surface area (Å²) in [6.45, 7) is 0. The van der Waals surface area contributed by atoms with Crippen molar-refractivity contribution in [3.63, 3.8) is 0 Å². The fourth-order valence-electron chi connectivity index (χ4n) is 3.07. The van der Waals surface area contributed by atoms with E-state index in [4.69, 9.17) is 5.26 Å². The lowest BCUT2D eigenvalue weighted by Gasteiger charge is -2.14. The molecule has 0 bridgehead atoms. The standard InChI is InChI=1S/C23H16N2/c24-17-18-11-13-21(14-12-18)25-22(19-7-3-1-4-8-19)15-16-23(25)20-9-5-2-6-10-20/h1-16H. The Morgan fingerprint density at radius 3 is 1.48 bits per heavy atom. The van der Waals surface area contributed by atoms with E-state index in [-0.39, 0.29) is 0 Å². The molecule has 3 aromatic carbocycles. The second-order valence-corrected chi connectivity index (χ2v) is 5.83. The van der Waals surface area contributed by atoms with Crippen LogP contribution in [-0.2, 0) is 0 Å². The van der Waals surface area contributed by atoms with E-state index in [0.717, 1.165) is 28.2 Å². The Morgan fingerprint density at radius 1 is 0.560 bits per heavy atom. The highest BCUT2D eigenvalue weighted by Crippen LogP contribution is 2.32. The summed E-state index contributed by atoms with van der Waals surface area (Å²) >= 11 is 0. The van der Waals surface area contributed by atoms with Crippen molar-refractivity contribution in [3.05, 3.63) is 103 Å². The molecule has 0 radical (unpaired) electrons. The van der Waals surface area contributed by atoms with Gasteiger partial charge in [-0.1, -0.05) is 60.7 Å². The highest BCUT2D eigenvalue weighted by Gasteiger charge is 2.13. The summed E-state index contributed by atoms with van der Waals surface area (Å²) in [5.74, 6) is 0. The third-order valence-electron chi connectivity index (χ3n) is 4.27. The SMILES string of the molecule is N#Cc1ccc(-n2c(-c3ccccc3)ccc2-c2ccccc2)cc1. The summed E-state index contributed by atoms with van der Waals surface area (Å²) in [6.07, 6.45) is 0. The van der Waals surface area contributed by atoms with Gasteiger partial charge in [-0.15, -0.1) is 0 Å². The van der Waals surface area contributed by atoms with Gasteiger partial charge in [-0.2, -0.15) is 5.26 Å². The molecular weight excluding hydrogens is 304 g/mol. The average molecular weight is 320 g/mol. The summed E-state index contributed by atoms with van der Waals surface area (Å²) < 4.78 is 2.24. The molecule has 0 fully saturated rings. The molecule has 0 saturated carbocycles. The Hall–Kier alpha value is -3.57. The first-order valence-corrected chi connectivity index (χ1v) is 8.20. The van der Waals surface area contributed by atoms with Crippen molar-refractivity contribution < 1.29 is 0 Å². The van der Waals surface area contributed by atoms with Crippen LogP contribution in [0.2, 0.25) is 0 Å². The van der Waals surface area contributed by atoms with Crippen molar-refractivity contribution in [3.8, 4) is 34.3 Å². The maximum Gasteiger partial charge on any atom is 0.0991 e. The van der Waals surface area contributed by atoms with Gasteiger partial charge in [0.25, 0.3) is 0 Å². The molecule has 0 aliphatic heterocycles. The van der Waals surface area contributed by atoms with Gasteiger partial charge in [0.1, 0.15) is 0 Å². The molecule has 1 aromatic heterocycles. The van der Waals surface area contributed by atoms with Crippen LogP contribution in [0.1, 0.15) is 5.56 Å². The summed E-state index contributed by atoms with van der Waals surface area (Å²) in [5.41, 5.74) is 6.29. The third kappa shape index (κ3) is 2.84. The van der Waals surface area contributed by atoms with Crippen LogP contribution in [0.4, 0.5) is 0 Å². The molecule has 118 valence electrons. The zero-order chi connectivity index (χ0) is 17.1. The zero-order valence-corrected chi connectivity index (χ0v) is 13.6. The van der Waals surface area contributed by atoms with Crippen LogP contribution in [0.25, 0.3) is 28.2 Å². The molecule has 4 rings (SSSR count). The van der Waals surface area contributed by atoms with E-state index >= 15 is 0 Å². The first kappa shape index (κ1) is 15.0. The van der Waals surface area contributed by atoms with Gasteiger partial charge < -0.3 is 4.57 Å². The van der Waals surface area contributed by atoms with Crippen LogP contribution in [-0.4, -0.2) is 4.57 Å². The summed E-state index contributed by atoms with van der Waals surface area (Å²) in [6, 6.07) is 34.9. The van der Waals surface area contributed by atoms with E-state index in [1.807, 2.05) is 60.7 Å². The minimum absolute atomic E-state index is 0.665. The Kier molecular flexibility index (Phi) is 3.90. The Bertz CT molecular complexity index is 964. The fraction of sp³-hybridized carbons (Fsp3) is 0. The van der Waals surface area contributed by atoms with Crippen molar-refractivity contribution >= 4 is 0 Å². The Morgan fingerprint density at radius 2 is 1.04 bits per heavy atom. The topological polar surface area (TPSA) is 28.7 Å². The van der Waals surface area contributed by atoms with Crippen molar-refractivity contribution in [2.75, 3.05) is 0 Å². The molecule has 4 aromatic rings. The molecule has 0 aliphatic rings. The normalized spacial score (nSPS) is 10.4. The van der Waals surface area contributed by atoms with E-state index in [1.54, 1.807) is 0 Å². The van der Waals surface area contributed by atoms with E-state index in [9.17, 15) is 0 Å². The minimum atomic E-state index is 0.665. The van der Waals surface area contributed by atoms with Crippen LogP contribution in [0.3, 0.4) is 0 Å².